The van der Waals surface area contributed by atoms with Gasteiger partial charge in [-0.15, -0.1) is 0 Å². The Morgan fingerprint density at radius 3 is 2.18 bits per heavy atom. The van der Waals surface area contributed by atoms with Crippen molar-refractivity contribution in [3.05, 3.63) is 141 Å². The number of fused-ring (bicyclic) bond motifs is 9. The standard InChI is InChI=1S/C42H39NO2/c1-3-9-26(10-4-1)27-16-19-37-33(24-27)41-39(44-37)21-22-40-42(41)34-25-29(17-20-38(34)45-40)28-15-18-36-32(23-28)31-13-7-8-14-35(31)43(36)30-11-5-2-6-12-30/h1-6,8-9,11,14-15,18,23-26,30,32,36H,7,10,12-13,16-17,19-22H2. The Balaban J connectivity index is 1.03. The molecule has 0 N–H and O–H groups in total. The molecule has 0 spiro atoms. The third-order valence-corrected chi connectivity index (χ3v) is 11.5. The van der Waals surface area contributed by atoms with Crippen LogP contribution < -0.4 is 0 Å². The van der Waals surface area contributed by atoms with Gasteiger partial charge in [0.2, 0.25) is 0 Å². The lowest BCUT2D eigenvalue weighted by atomic mass is 9.79. The molecule has 3 heteroatoms. The Labute approximate surface area is 265 Å². The van der Waals surface area contributed by atoms with E-state index >= 15 is 0 Å². The van der Waals surface area contributed by atoms with Gasteiger partial charge in [-0.2, -0.15) is 0 Å². The molecule has 3 heterocycles. The molecular weight excluding hydrogens is 550 g/mol. The van der Waals surface area contributed by atoms with Gasteiger partial charge in [-0.1, -0.05) is 84.6 Å². The van der Waals surface area contributed by atoms with Gasteiger partial charge < -0.3 is 13.7 Å². The largest absolute Gasteiger partial charge is 0.465 e. The Morgan fingerprint density at radius 2 is 1.40 bits per heavy atom. The molecule has 0 radical (unpaired) electrons. The summed E-state index contributed by atoms with van der Waals surface area (Å²) in [5, 5.41) is 0. The maximum absolute atomic E-state index is 6.65. The first-order valence-corrected chi connectivity index (χ1v) is 17.3. The molecule has 0 fully saturated rings. The second-order valence-corrected chi connectivity index (χ2v) is 13.9. The fourth-order valence-corrected chi connectivity index (χ4v) is 9.33. The van der Waals surface area contributed by atoms with Gasteiger partial charge in [-0.05, 0) is 67.4 Å². The molecule has 0 amide bonds. The molecule has 224 valence electrons. The summed E-state index contributed by atoms with van der Waals surface area (Å²) in [6, 6.07) is 0.834. The van der Waals surface area contributed by atoms with E-state index in [-0.39, 0.29) is 0 Å². The van der Waals surface area contributed by atoms with Crippen molar-refractivity contribution in [1.29, 1.82) is 0 Å². The van der Waals surface area contributed by atoms with E-state index < -0.39 is 0 Å². The Bertz CT molecular complexity index is 1930. The van der Waals surface area contributed by atoms with Crippen molar-refractivity contribution in [3.8, 4) is 11.1 Å². The minimum Gasteiger partial charge on any atom is -0.465 e. The predicted octanol–water partition coefficient (Wildman–Crippen LogP) is 9.72. The van der Waals surface area contributed by atoms with E-state index in [1.807, 2.05) is 0 Å². The molecule has 0 saturated carbocycles. The van der Waals surface area contributed by atoms with Gasteiger partial charge in [-0.3, -0.25) is 0 Å². The van der Waals surface area contributed by atoms with Gasteiger partial charge >= 0.3 is 0 Å². The molecule has 7 aliphatic carbocycles. The monoisotopic (exact) mass is 589 g/mol. The molecule has 8 aliphatic rings. The van der Waals surface area contributed by atoms with Gasteiger partial charge in [0.1, 0.15) is 23.0 Å². The van der Waals surface area contributed by atoms with Crippen LogP contribution in [0.15, 0.2) is 116 Å². The maximum Gasteiger partial charge on any atom is 0.113 e. The van der Waals surface area contributed by atoms with Crippen molar-refractivity contribution < 1.29 is 8.83 Å². The van der Waals surface area contributed by atoms with Crippen LogP contribution in [0.5, 0.6) is 0 Å². The molecule has 4 atom stereocenters. The van der Waals surface area contributed by atoms with E-state index in [0.29, 0.717) is 23.9 Å². The second-order valence-electron chi connectivity index (χ2n) is 13.9. The van der Waals surface area contributed by atoms with Crippen LogP contribution in [0, 0.1) is 11.8 Å². The molecule has 45 heavy (non-hydrogen) atoms. The SMILES string of the molecule is C1=CCC(C2=Cc3c(oc4c3-c3c(oc5c3C=C(C3=CC6C7=C(C=CCC7)N(C7C=CC=CC7)C6C=C3)CC5)CC4)CC2)C=C1. The van der Waals surface area contributed by atoms with Crippen LogP contribution in [0.3, 0.4) is 0 Å². The van der Waals surface area contributed by atoms with Crippen LogP contribution in [0.2, 0.25) is 0 Å². The van der Waals surface area contributed by atoms with Gasteiger partial charge in [0.05, 0.1) is 12.1 Å². The number of hydrogen-bond donors (Lipinski definition) is 0. The number of allylic oxidation sites excluding steroid dienone is 12. The summed E-state index contributed by atoms with van der Waals surface area (Å²) in [6.07, 6.45) is 45.9. The average Bonchev–Trinajstić information content (AvgIpc) is 3.77. The Morgan fingerprint density at radius 1 is 0.644 bits per heavy atom. The van der Waals surface area contributed by atoms with E-state index in [1.54, 1.807) is 5.57 Å². The molecule has 2 aromatic heterocycles. The van der Waals surface area contributed by atoms with Crippen molar-refractivity contribution in [2.45, 2.75) is 76.3 Å². The second kappa shape index (κ2) is 10.1. The van der Waals surface area contributed by atoms with Crippen molar-refractivity contribution in [1.82, 2.24) is 4.90 Å². The highest BCUT2D eigenvalue weighted by Gasteiger charge is 2.42. The highest BCUT2D eigenvalue weighted by molar-refractivity contribution is 5.89. The Kier molecular flexibility index (Phi) is 5.86. The molecule has 2 aromatic rings. The van der Waals surface area contributed by atoms with Crippen molar-refractivity contribution in [2.24, 2.45) is 11.8 Å². The van der Waals surface area contributed by atoms with Crippen molar-refractivity contribution >= 4 is 12.2 Å². The predicted molar refractivity (Wildman–Crippen MR) is 181 cm³/mol. The summed E-state index contributed by atoms with van der Waals surface area (Å²) < 4.78 is 13.2. The molecule has 10 rings (SSSR count). The summed E-state index contributed by atoms with van der Waals surface area (Å²) in [7, 11) is 0. The van der Waals surface area contributed by atoms with E-state index in [4.69, 9.17) is 8.83 Å². The molecule has 0 aromatic carbocycles. The molecular formula is C42H39NO2. The zero-order valence-corrected chi connectivity index (χ0v) is 25.8. The summed E-state index contributed by atoms with van der Waals surface area (Å²) in [5.74, 6) is 5.61. The quantitative estimate of drug-likeness (QED) is 0.357. The Hall–Kier alpha value is -4.24. The summed E-state index contributed by atoms with van der Waals surface area (Å²) >= 11 is 0. The maximum atomic E-state index is 6.65. The minimum atomic E-state index is 0.402. The number of hydrogen-bond acceptors (Lipinski definition) is 3. The lowest BCUT2D eigenvalue weighted by molar-refractivity contribution is 0.256. The normalized spacial score (nSPS) is 28.6. The number of rotatable bonds is 3. The van der Waals surface area contributed by atoms with Crippen LogP contribution >= 0.6 is 0 Å². The van der Waals surface area contributed by atoms with Crippen LogP contribution in [-0.2, 0) is 25.7 Å². The lowest BCUT2D eigenvalue weighted by Crippen LogP contribution is -2.40. The van der Waals surface area contributed by atoms with E-state index in [0.717, 1.165) is 75.1 Å². The zero-order chi connectivity index (χ0) is 29.5. The molecule has 1 aliphatic heterocycles. The third kappa shape index (κ3) is 4.02. The van der Waals surface area contributed by atoms with Crippen LogP contribution in [0.25, 0.3) is 23.3 Å². The summed E-state index contributed by atoms with van der Waals surface area (Å²) in [5.41, 5.74) is 12.8. The number of nitrogens with zero attached hydrogens (tertiary/aromatic N) is 1. The van der Waals surface area contributed by atoms with Crippen LogP contribution in [0.4, 0.5) is 0 Å². The topological polar surface area (TPSA) is 29.5 Å². The fraction of sp³-hybridized carbons (Fsp3) is 0.333. The van der Waals surface area contributed by atoms with Gasteiger partial charge in [0.15, 0.2) is 0 Å². The van der Waals surface area contributed by atoms with Crippen LogP contribution in [-0.4, -0.2) is 17.0 Å². The van der Waals surface area contributed by atoms with Gasteiger partial charge in [-0.25, -0.2) is 0 Å². The highest BCUT2D eigenvalue weighted by atomic mass is 16.4. The molecule has 3 nitrogen and oxygen atoms in total. The number of aryl methyl sites for hydroxylation is 4. The highest BCUT2D eigenvalue weighted by Crippen LogP contribution is 2.50. The first-order chi connectivity index (χ1) is 22.3. The average molecular weight is 590 g/mol. The molecule has 0 bridgehead atoms. The number of furan rings is 2. The first kappa shape index (κ1) is 26.0. The third-order valence-electron chi connectivity index (χ3n) is 11.5. The minimum absolute atomic E-state index is 0.402. The first-order valence-electron chi connectivity index (χ1n) is 17.3. The van der Waals surface area contributed by atoms with E-state index in [1.165, 1.54) is 56.9 Å². The summed E-state index contributed by atoms with van der Waals surface area (Å²) in [4.78, 5) is 2.70. The molecule has 4 unspecified atom stereocenters. The molecule has 0 saturated heterocycles. The summed E-state index contributed by atoms with van der Waals surface area (Å²) in [6.45, 7) is 0. The van der Waals surface area contributed by atoms with Crippen molar-refractivity contribution in [2.75, 3.05) is 0 Å². The smallest absolute Gasteiger partial charge is 0.113 e. The van der Waals surface area contributed by atoms with E-state index in [2.05, 4.69) is 96.0 Å². The van der Waals surface area contributed by atoms with Gasteiger partial charge in [0.25, 0.3) is 0 Å². The van der Waals surface area contributed by atoms with Crippen LogP contribution in [0.1, 0.15) is 72.7 Å². The van der Waals surface area contributed by atoms with Gasteiger partial charge in [0, 0.05) is 65.5 Å². The fourth-order valence-electron chi connectivity index (χ4n) is 9.33. The lowest BCUT2D eigenvalue weighted by Gasteiger charge is -2.37. The van der Waals surface area contributed by atoms with Crippen molar-refractivity contribution in [3.63, 3.8) is 0 Å². The van der Waals surface area contributed by atoms with E-state index in [9.17, 15) is 0 Å². The zero-order valence-electron chi connectivity index (χ0n) is 25.8.